The summed E-state index contributed by atoms with van der Waals surface area (Å²) in [5.74, 6) is -0.554. The molecule has 3 saturated heterocycles. The molecule has 5 atom stereocenters. The van der Waals surface area contributed by atoms with Crippen LogP contribution in [-0.4, -0.2) is 82.0 Å². The maximum absolute atomic E-state index is 13.6. The van der Waals surface area contributed by atoms with Gasteiger partial charge in [-0.2, -0.15) is 5.26 Å². The number of hydrogen-bond acceptors (Lipinski definition) is 6. The van der Waals surface area contributed by atoms with Crippen molar-refractivity contribution in [2.75, 3.05) is 19.6 Å². The van der Waals surface area contributed by atoms with Gasteiger partial charge in [0.15, 0.2) is 0 Å². The normalized spacial score (nSPS) is 25.0. The fraction of sp³-hybridized carbons (Fsp3) is 0.643. The Labute approximate surface area is 223 Å². The Morgan fingerprint density at radius 3 is 2.50 bits per heavy atom. The smallest absolute Gasteiger partial charge is 0.408 e. The molecule has 38 heavy (non-hydrogen) atoms. The molecule has 3 amide bonds. The summed E-state index contributed by atoms with van der Waals surface area (Å²) in [6.45, 7) is 10.5. The molecule has 3 heterocycles. The van der Waals surface area contributed by atoms with E-state index in [-0.39, 0.29) is 42.2 Å². The van der Waals surface area contributed by atoms with Crippen LogP contribution in [0.3, 0.4) is 0 Å². The summed E-state index contributed by atoms with van der Waals surface area (Å²) in [5, 5.41) is 12.2. The van der Waals surface area contributed by atoms with Gasteiger partial charge in [-0.15, -0.1) is 0 Å². The van der Waals surface area contributed by atoms with Gasteiger partial charge in [0, 0.05) is 25.7 Å². The van der Waals surface area contributed by atoms with Crippen LogP contribution < -0.4 is 5.32 Å². The van der Waals surface area contributed by atoms with Crippen LogP contribution in [0.2, 0.25) is 0 Å². The number of rotatable bonds is 7. The van der Waals surface area contributed by atoms with Crippen LogP contribution in [0.15, 0.2) is 24.3 Å². The van der Waals surface area contributed by atoms with E-state index in [4.69, 9.17) is 4.74 Å². The van der Waals surface area contributed by atoms with Gasteiger partial charge in [0.25, 0.3) is 0 Å². The molecular weight excluding hydrogens is 489 g/mol. The molecular formula is C28H38FN5O4. The molecule has 3 fully saturated rings. The van der Waals surface area contributed by atoms with E-state index >= 15 is 0 Å². The summed E-state index contributed by atoms with van der Waals surface area (Å²) in [4.78, 5) is 45.2. The van der Waals surface area contributed by atoms with E-state index in [9.17, 15) is 24.0 Å². The molecule has 10 heteroatoms. The molecule has 3 aliphatic heterocycles. The molecule has 0 aliphatic carbocycles. The van der Waals surface area contributed by atoms with Crippen LogP contribution in [-0.2, 0) is 14.3 Å². The van der Waals surface area contributed by atoms with Gasteiger partial charge in [-0.05, 0) is 63.6 Å². The van der Waals surface area contributed by atoms with Gasteiger partial charge >= 0.3 is 6.09 Å². The number of nitrogens with one attached hydrogen (secondary N) is 1. The first-order chi connectivity index (χ1) is 17.9. The van der Waals surface area contributed by atoms with E-state index in [2.05, 4.69) is 11.4 Å². The Balaban J connectivity index is 1.51. The molecule has 1 aromatic carbocycles. The number of carbonyl (C=O) groups excluding carboxylic acids is 3. The van der Waals surface area contributed by atoms with Crippen LogP contribution in [0.5, 0.6) is 0 Å². The lowest BCUT2D eigenvalue weighted by Gasteiger charge is -2.41. The van der Waals surface area contributed by atoms with Crippen molar-refractivity contribution in [1.82, 2.24) is 20.0 Å². The lowest BCUT2D eigenvalue weighted by atomic mass is 9.93. The van der Waals surface area contributed by atoms with Crippen molar-refractivity contribution in [3.8, 4) is 6.07 Å². The molecule has 0 spiro atoms. The van der Waals surface area contributed by atoms with E-state index in [0.717, 1.165) is 12.0 Å². The summed E-state index contributed by atoms with van der Waals surface area (Å²) in [6.07, 6.45) is 1.24. The number of ether oxygens (including phenoxy) is 1. The van der Waals surface area contributed by atoms with Crippen molar-refractivity contribution in [3.05, 3.63) is 35.6 Å². The Bertz CT molecular complexity index is 1100. The van der Waals surface area contributed by atoms with Crippen molar-refractivity contribution in [1.29, 1.82) is 5.26 Å². The maximum atomic E-state index is 13.6. The van der Waals surface area contributed by atoms with E-state index < -0.39 is 29.8 Å². The van der Waals surface area contributed by atoms with Crippen LogP contribution in [0.25, 0.3) is 0 Å². The molecule has 1 aromatic rings. The van der Waals surface area contributed by atoms with E-state index in [1.165, 1.54) is 17.0 Å². The summed E-state index contributed by atoms with van der Waals surface area (Å²) >= 11 is 0. The predicted molar refractivity (Wildman–Crippen MR) is 138 cm³/mol. The van der Waals surface area contributed by atoms with Crippen LogP contribution in [0, 0.1) is 23.1 Å². The first kappa shape index (κ1) is 27.8. The van der Waals surface area contributed by atoms with Gasteiger partial charge in [-0.3, -0.25) is 14.5 Å². The number of hydrogen-bond donors (Lipinski definition) is 1. The largest absolute Gasteiger partial charge is 0.444 e. The first-order valence-corrected chi connectivity index (χ1v) is 13.4. The minimum Gasteiger partial charge on any atom is -0.444 e. The fourth-order valence-corrected chi connectivity index (χ4v) is 6.02. The molecule has 1 N–H and O–H groups in total. The molecule has 206 valence electrons. The highest BCUT2D eigenvalue weighted by molar-refractivity contribution is 5.88. The van der Waals surface area contributed by atoms with Crippen molar-refractivity contribution < 1.29 is 23.5 Å². The lowest BCUT2D eigenvalue weighted by Crippen LogP contribution is -2.59. The molecule has 0 unspecified atom stereocenters. The second-order valence-corrected chi connectivity index (χ2v) is 11.9. The number of fused-ring (bicyclic) bond motifs is 2. The number of halogens is 1. The average molecular weight is 528 g/mol. The Morgan fingerprint density at radius 2 is 1.92 bits per heavy atom. The first-order valence-electron chi connectivity index (χ1n) is 13.4. The number of nitrogens with zero attached hydrogens (tertiary/aromatic N) is 4. The highest BCUT2D eigenvalue weighted by atomic mass is 19.1. The van der Waals surface area contributed by atoms with Crippen molar-refractivity contribution >= 4 is 17.9 Å². The molecule has 9 nitrogen and oxygen atoms in total. The van der Waals surface area contributed by atoms with Crippen LogP contribution in [0.1, 0.15) is 65.5 Å². The van der Waals surface area contributed by atoms with Crippen LogP contribution in [0.4, 0.5) is 9.18 Å². The fourth-order valence-electron chi connectivity index (χ4n) is 6.02. The monoisotopic (exact) mass is 527 g/mol. The van der Waals surface area contributed by atoms with Gasteiger partial charge in [-0.1, -0.05) is 26.0 Å². The second kappa shape index (κ2) is 10.9. The highest BCUT2D eigenvalue weighted by Gasteiger charge is 2.53. The van der Waals surface area contributed by atoms with Crippen molar-refractivity contribution in [2.45, 2.75) is 89.7 Å². The molecule has 0 aromatic heterocycles. The third kappa shape index (κ3) is 5.78. The quantitative estimate of drug-likeness (QED) is 0.584. The van der Waals surface area contributed by atoms with Gasteiger partial charge in [0.2, 0.25) is 11.8 Å². The summed E-state index contributed by atoms with van der Waals surface area (Å²) in [6, 6.07) is 6.36. The average Bonchev–Trinajstić information content (AvgIpc) is 3.54. The van der Waals surface area contributed by atoms with Crippen molar-refractivity contribution in [3.63, 3.8) is 0 Å². The summed E-state index contributed by atoms with van der Waals surface area (Å²) in [7, 11) is 0. The number of nitriles is 1. The summed E-state index contributed by atoms with van der Waals surface area (Å²) in [5.41, 5.74) is 0.153. The molecule has 0 saturated carbocycles. The second-order valence-electron chi connectivity index (χ2n) is 11.9. The molecule has 2 bridgehead atoms. The van der Waals surface area contributed by atoms with E-state index in [1.807, 2.05) is 23.6 Å². The zero-order valence-electron chi connectivity index (χ0n) is 22.8. The van der Waals surface area contributed by atoms with Gasteiger partial charge in [0.1, 0.15) is 23.5 Å². The number of carbonyl (C=O) groups is 3. The third-order valence-corrected chi connectivity index (χ3v) is 7.55. The van der Waals surface area contributed by atoms with Gasteiger partial charge in [0.05, 0.1) is 18.2 Å². The summed E-state index contributed by atoms with van der Waals surface area (Å²) < 4.78 is 19.0. The number of likely N-dealkylation sites (tertiary alicyclic amines) is 3. The number of alkyl carbamates (subject to hydrolysis) is 1. The van der Waals surface area contributed by atoms with E-state index in [0.29, 0.717) is 25.9 Å². The topological polar surface area (TPSA) is 106 Å². The minimum absolute atomic E-state index is 0.0242. The standard InChI is InChI=1S/C28H38FN5O4/c1-17(2)24(18-8-10-19(29)11-9-18)34-21-13-23(26(34)36)32(15-21)16-22(31-27(37)38-28(3,4)5)25(35)33-12-6-7-20(33)14-30/h8-11,17,20-24H,6-7,12-13,15-16H2,1-5H3,(H,31,37)/t20-,21-,22-,23-,24+/m0/s1. The Kier molecular flexibility index (Phi) is 7.98. The lowest BCUT2D eigenvalue weighted by molar-refractivity contribution is -0.142. The number of piperazine rings is 1. The Morgan fingerprint density at radius 1 is 1.24 bits per heavy atom. The highest BCUT2D eigenvalue weighted by Crippen LogP contribution is 2.41. The zero-order valence-corrected chi connectivity index (χ0v) is 22.8. The predicted octanol–water partition coefficient (Wildman–Crippen LogP) is 3.22. The van der Waals surface area contributed by atoms with Crippen LogP contribution >= 0.6 is 0 Å². The maximum Gasteiger partial charge on any atom is 0.408 e. The van der Waals surface area contributed by atoms with Gasteiger partial charge in [-0.25, -0.2) is 9.18 Å². The SMILES string of the molecule is CC(C)[C@H](c1ccc(F)cc1)N1C(=O)[C@@H]2C[C@H]1CN2C[C@H](NC(=O)OC(C)(C)C)C(=O)N1CCC[C@H]1C#N. The molecule has 0 radical (unpaired) electrons. The third-order valence-electron chi connectivity index (χ3n) is 7.55. The molecule has 3 aliphatic rings. The number of benzene rings is 1. The molecule has 4 rings (SSSR count). The van der Waals surface area contributed by atoms with Crippen molar-refractivity contribution in [2.24, 2.45) is 5.92 Å². The minimum atomic E-state index is -0.947. The van der Waals surface area contributed by atoms with E-state index in [1.54, 1.807) is 32.9 Å². The Hall–Kier alpha value is -3.19. The zero-order chi connectivity index (χ0) is 27.8. The number of amides is 3. The van der Waals surface area contributed by atoms with Gasteiger partial charge < -0.3 is 19.9 Å².